The molecule has 1 atom stereocenters. The Morgan fingerprint density at radius 3 is 2.26 bits per heavy atom. The lowest BCUT2D eigenvalue weighted by molar-refractivity contribution is -0.127. The normalized spacial score (nSPS) is 11.7. The number of benzene rings is 5. The third kappa shape index (κ3) is 7.20. The van der Waals surface area contributed by atoms with E-state index in [4.69, 9.17) is 14.2 Å². The summed E-state index contributed by atoms with van der Waals surface area (Å²) in [5.41, 5.74) is 5.64. The van der Waals surface area contributed by atoms with Crippen molar-refractivity contribution in [1.82, 2.24) is 5.43 Å². The second-order valence-corrected chi connectivity index (χ2v) is 9.69. The lowest BCUT2D eigenvalue weighted by atomic mass is 10.0. The quantitative estimate of drug-likeness (QED) is 0.0876. The fraction of sp³-hybridized carbons (Fsp3) is 0.114. The van der Waals surface area contributed by atoms with Gasteiger partial charge in [0.05, 0.1) is 11.8 Å². The number of hydrogen-bond donors (Lipinski definition) is 1. The average Bonchev–Trinajstić information content (AvgIpc) is 3.02. The number of carbonyl (C=O) groups excluding carboxylic acids is 2. The van der Waals surface area contributed by atoms with Crippen LogP contribution in [0, 0.1) is 6.92 Å². The Hall–Kier alpha value is -5.43. The molecule has 1 amide bonds. The molecule has 0 fully saturated rings. The molecule has 1 N–H and O–H groups in total. The fourth-order valence-electron chi connectivity index (χ4n) is 4.21. The van der Waals surface area contributed by atoms with Gasteiger partial charge in [-0.2, -0.15) is 5.10 Å². The Kier molecular flexibility index (Phi) is 8.89. The van der Waals surface area contributed by atoms with Gasteiger partial charge < -0.3 is 14.2 Å². The van der Waals surface area contributed by atoms with Crippen LogP contribution < -0.4 is 19.6 Å². The number of hydrazone groups is 1. The molecule has 0 radical (unpaired) electrons. The maximum atomic E-state index is 12.8. The van der Waals surface area contributed by atoms with E-state index >= 15 is 0 Å². The molecule has 210 valence electrons. The summed E-state index contributed by atoms with van der Waals surface area (Å²) >= 11 is 0. The monoisotopic (exact) mass is 558 g/mol. The maximum Gasteiger partial charge on any atom is 0.343 e. The molecule has 7 nitrogen and oxygen atoms in total. The molecule has 0 saturated carbocycles. The van der Waals surface area contributed by atoms with E-state index in [0.29, 0.717) is 35.0 Å². The van der Waals surface area contributed by atoms with Crippen molar-refractivity contribution in [3.63, 3.8) is 0 Å². The summed E-state index contributed by atoms with van der Waals surface area (Å²) in [6.45, 7) is 4.05. The number of ether oxygens (including phenoxy) is 3. The number of amides is 1. The first-order valence-electron chi connectivity index (χ1n) is 13.5. The third-order valence-electron chi connectivity index (χ3n) is 6.54. The van der Waals surface area contributed by atoms with Crippen molar-refractivity contribution in [3.05, 3.63) is 138 Å². The summed E-state index contributed by atoms with van der Waals surface area (Å²) in [5.74, 6) is 0.627. The molecule has 0 bridgehead atoms. The van der Waals surface area contributed by atoms with Crippen LogP contribution in [0.1, 0.15) is 34.0 Å². The van der Waals surface area contributed by atoms with Crippen molar-refractivity contribution < 1.29 is 23.8 Å². The zero-order valence-corrected chi connectivity index (χ0v) is 23.3. The summed E-state index contributed by atoms with van der Waals surface area (Å²) in [7, 11) is 0. The molecule has 5 aromatic carbocycles. The lowest BCUT2D eigenvalue weighted by Gasteiger charge is -2.14. The van der Waals surface area contributed by atoms with Crippen molar-refractivity contribution in [2.45, 2.75) is 26.6 Å². The second-order valence-electron chi connectivity index (χ2n) is 9.69. The van der Waals surface area contributed by atoms with Crippen molar-refractivity contribution in [2.24, 2.45) is 5.10 Å². The van der Waals surface area contributed by atoms with Gasteiger partial charge in [0, 0.05) is 5.56 Å². The van der Waals surface area contributed by atoms with Gasteiger partial charge in [0.2, 0.25) is 0 Å². The maximum absolute atomic E-state index is 12.8. The van der Waals surface area contributed by atoms with Gasteiger partial charge in [0.15, 0.2) is 6.10 Å². The van der Waals surface area contributed by atoms with Gasteiger partial charge in [0.25, 0.3) is 5.91 Å². The van der Waals surface area contributed by atoms with E-state index in [-0.39, 0.29) is 0 Å². The summed E-state index contributed by atoms with van der Waals surface area (Å²) in [6.07, 6.45) is 0.661. The summed E-state index contributed by atoms with van der Waals surface area (Å²) in [6, 6.07) is 35.4. The molecule has 7 heteroatoms. The Bertz CT molecular complexity index is 1700. The molecule has 0 aromatic heterocycles. The van der Waals surface area contributed by atoms with Crippen molar-refractivity contribution in [2.75, 3.05) is 0 Å². The SMILES string of the molecule is Cc1ccc(C(=O)Oc2ccc3ccccc3c2/C=N\NC(=O)[C@@H](C)Oc2ccc(OCc3ccccc3)cc2)cc1. The Labute approximate surface area is 244 Å². The van der Waals surface area contributed by atoms with Gasteiger partial charge in [-0.3, -0.25) is 4.79 Å². The number of hydrogen-bond acceptors (Lipinski definition) is 6. The van der Waals surface area contributed by atoms with Gasteiger partial charge in [-0.05, 0) is 72.6 Å². The van der Waals surface area contributed by atoms with E-state index in [1.54, 1.807) is 49.4 Å². The predicted molar refractivity (Wildman–Crippen MR) is 163 cm³/mol. The molecule has 0 aliphatic heterocycles. The van der Waals surface area contributed by atoms with Crippen LogP contribution in [0.25, 0.3) is 10.8 Å². The molecule has 0 heterocycles. The Morgan fingerprint density at radius 2 is 1.50 bits per heavy atom. The number of fused-ring (bicyclic) bond motifs is 1. The lowest BCUT2D eigenvalue weighted by Crippen LogP contribution is -2.33. The smallest absolute Gasteiger partial charge is 0.343 e. The largest absolute Gasteiger partial charge is 0.489 e. The molecular weight excluding hydrogens is 528 g/mol. The van der Waals surface area contributed by atoms with E-state index in [1.807, 2.05) is 79.7 Å². The Balaban J connectivity index is 1.22. The number of carbonyl (C=O) groups is 2. The van der Waals surface area contributed by atoms with Gasteiger partial charge in [-0.1, -0.05) is 78.4 Å². The van der Waals surface area contributed by atoms with Gasteiger partial charge in [0.1, 0.15) is 23.9 Å². The standard InChI is InChI=1S/C35H30N2O5/c1-24-12-14-28(15-13-24)35(39)42-33-21-16-27-10-6-7-11-31(27)32(33)22-36-37-34(38)25(2)41-30-19-17-29(18-20-30)40-23-26-8-4-3-5-9-26/h3-22,25H,23H2,1-2H3,(H,37,38)/b36-22-/t25-/m1/s1. The highest BCUT2D eigenvalue weighted by molar-refractivity contribution is 6.04. The predicted octanol–water partition coefficient (Wildman–Crippen LogP) is 6.86. The highest BCUT2D eigenvalue weighted by atomic mass is 16.5. The summed E-state index contributed by atoms with van der Waals surface area (Å²) < 4.78 is 17.3. The van der Waals surface area contributed by atoms with Crippen LogP contribution in [0.4, 0.5) is 0 Å². The number of esters is 1. The van der Waals surface area contributed by atoms with E-state index in [0.717, 1.165) is 21.9 Å². The minimum Gasteiger partial charge on any atom is -0.489 e. The highest BCUT2D eigenvalue weighted by Crippen LogP contribution is 2.27. The zero-order valence-electron chi connectivity index (χ0n) is 23.3. The highest BCUT2D eigenvalue weighted by Gasteiger charge is 2.16. The van der Waals surface area contributed by atoms with E-state index < -0.39 is 18.0 Å². The molecule has 0 unspecified atom stereocenters. The number of rotatable bonds is 10. The number of nitrogens with zero attached hydrogens (tertiary/aromatic N) is 1. The fourth-order valence-corrected chi connectivity index (χ4v) is 4.21. The van der Waals surface area contributed by atoms with Crippen LogP contribution in [0.3, 0.4) is 0 Å². The first kappa shape index (κ1) is 28.1. The third-order valence-corrected chi connectivity index (χ3v) is 6.54. The van der Waals surface area contributed by atoms with Crippen molar-refractivity contribution >= 4 is 28.9 Å². The van der Waals surface area contributed by atoms with Crippen LogP contribution in [0.5, 0.6) is 17.2 Å². The van der Waals surface area contributed by atoms with Gasteiger partial charge in [-0.25, -0.2) is 10.2 Å². The van der Waals surface area contributed by atoms with Gasteiger partial charge >= 0.3 is 5.97 Å². The molecule has 0 aliphatic rings. The molecule has 42 heavy (non-hydrogen) atoms. The van der Waals surface area contributed by atoms with Crippen LogP contribution in [0.2, 0.25) is 0 Å². The summed E-state index contributed by atoms with van der Waals surface area (Å²) in [5, 5.41) is 5.92. The summed E-state index contributed by atoms with van der Waals surface area (Å²) in [4.78, 5) is 25.6. The molecule has 5 aromatic rings. The van der Waals surface area contributed by atoms with E-state index in [9.17, 15) is 9.59 Å². The van der Waals surface area contributed by atoms with Crippen LogP contribution in [-0.2, 0) is 11.4 Å². The van der Waals surface area contributed by atoms with Gasteiger partial charge in [-0.15, -0.1) is 0 Å². The van der Waals surface area contributed by atoms with Crippen molar-refractivity contribution in [1.29, 1.82) is 0 Å². The average molecular weight is 559 g/mol. The van der Waals surface area contributed by atoms with Crippen molar-refractivity contribution in [3.8, 4) is 17.2 Å². The first-order valence-corrected chi connectivity index (χ1v) is 13.5. The molecule has 0 saturated heterocycles. The Morgan fingerprint density at radius 1 is 0.810 bits per heavy atom. The topological polar surface area (TPSA) is 86.2 Å². The molecule has 0 aliphatic carbocycles. The van der Waals surface area contributed by atoms with Crippen LogP contribution in [-0.4, -0.2) is 24.2 Å². The second kappa shape index (κ2) is 13.3. The number of nitrogens with one attached hydrogen (secondary N) is 1. The van der Waals surface area contributed by atoms with E-state index in [2.05, 4.69) is 10.5 Å². The first-order chi connectivity index (χ1) is 20.5. The molecule has 5 rings (SSSR count). The minimum atomic E-state index is -0.815. The van der Waals surface area contributed by atoms with E-state index in [1.165, 1.54) is 6.21 Å². The molecular formula is C35H30N2O5. The molecule has 0 spiro atoms. The minimum absolute atomic E-state index is 0.330. The zero-order chi connectivity index (χ0) is 29.3. The van der Waals surface area contributed by atoms with Crippen LogP contribution >= 0.6 is 0 Å². The number of aryl methyl sites for hydroxylation is 1. The van der Waals surface area contributed by atoms with Crippen LogP contribution in [0.15, 0.2) is 120 Å².